The lowest BCUT2D eigenvalue weighted by atomic mass is 10.00. The molecule has 0 saturated carbocycles. The normalized spacial score (nSPS) is 17.2. The molecule has 6 heterocycles. The highest BCUT2D eigenvalue weighted by molar-refractivity contribution is 5.83. The number of aromatic nitrogens is 8. The Morgan fingerprint density at radius 3 is 1.38 bits per heavy atom. The van der Waals surface area contributed by atoms with E-state index in [1.54, 1.807) is 0 Å². The minimum absolute atomic E-state index is 0.476. The van der Waals surface area contributed by atoms with Crippen LogP contribution in [0.5, 0.6) is 0 Å². The number of imidazole rings is 2. The number of nitrogens with zero attached hydrogens (tertiary/aromatic N) is 10. The number of unbranched alkanes of at least 4 members (excludes halogenated alkanes) is 5. The fourth-order valence-corrected chi connectivity index (χ4v) is 6.21. The van der Waals surface area contributed by atoms with E-state index in [0.29, 0.717) is 22.7 Å². The fourth-order valence-electron chi connectivity index (χ4n) is 6.21. The maximum absolute atomic E-state index is 6.27. The van der Waals surface area contributed by atoms with Crippen LogP contribution in [-0.4, -0.2) is 65.2 Å². The van der Waals surface area contributed by atoms with Crippen LogP contribution in [0.15, 0.2) is 12.7 Å². The minimum atomic E-state index is 0.476. The molecule has 226 valence electrons. The first-order valence-corrected chi connectivity index (χ1v) is 15.9. The third kappa shape index (κ3) is 6.22. The highest BCUT2D eigenvalue weighted by Crippen LogP contribution is 2.26. The molecular weight excluding hydrogens is 528 g/mol. The first kappa shape index (κ1) is 28.4. The van der Waals surface area contributed by atoms with Gasteiger partial charge < -0.3 is 30.4 Å². The molecule has 0 spiro atoms. The maximum atomic E-state index is 6.27. The zero-order valence-corrected chi connectivity index (χ0v) is 25.2. The van der Waals surface area contributed by atoms with Crippen molar-refractivity contribution >= 4 is 45.9 Å². The van der Waals surface area contributed by atoms with Crippen molar-refractivity contribution in [2.45, 2.75) is 91.1 Å². The molecule has 0 unspecified atom stereocenters. The van der Waals surface area contributed by atoms with Gasteiger partial charge in [-0.15, -0.1) is 0 Å². The van der Waals surface area contributed by atoms with Gasteiger partial charge in [0.2, 0.25) is 11.9 Å². The van der Waals surface area contributed by atoms with Crippen molar-refractivity contribution in [3.05, 3.63) is 12.7 Å². The largest absolute Gasteiger partial charge is 0.382 e. The minimum Gasteiger partial charge on any atom is -0.382 e. The molecule has 4 aromatic heterocycles. The Balaban J connectivity index is 0.957. The highest BCUT2D eigenvalue weighted by Gasteiger charge is 2.22. The van der Waals surface area contributed by atoms with Crippen molar-refractivity contribution in [1.82, 2.24) is 39.0 Å². The Labute approximate surface area is 247 Å². The van der Waals surface area contributed by atoms with Gasteiger partial charge in [0.25, 0.3) is 0 Å². The molecule has 42 heavy (non-hydrogen) atoms. The van der Waals surface area contributed by atoms with Crippen LogP contribution in [0.1, 0.15) is 78.1 Å². The van der Waals surface area contributed by atoms with Gasteiger partial charge in [-0.05, 0) is 50.4 Å². The van der Waals surface area contributed by atoms with Crippen LogP contribution in [0.25, 0.3) is 22.3 Å². The van der Waals surface area contributed by atoms with Crippen LogP contribution in [0.4, 0.5) is 23.5 Å². The molecule has 0 atom stereocenters. The van der Waals surface area contributed by atoms with E-state index in [0.717, 1.165) is 87.1 Å². The van der Waals surface area contributed by atoms with Crippen LogP contribution in [0.2, 0.25) is 0 Å². The lowest BCUT2D eigenvalue weighted by molar-refractivity contribution is 0.434. The molecule has 2 fully saturated rings. The lowest BCUT2D eigenvalue weighted by Crippen LogP contribution is -2.34. The number of nitrogen functional groups attached to an aromatic ring is 2. The van der Waals surface area contributed by atoms with Gasteiger partial charge in [-0.2, -0.15) is 19.9 Å². The molecule has 2 saturated heterocycles. The number of rotatable bonds is 11. The van der Waals surface area contributed by atoms with Crippen LogP contribution >= 0.6 is 0 Å². The third-order valence-corrected chi connectivity index (χ3v) is 9.14. The number of fused-ring (bicyclic) bond motifs is 2. The van der Waals surface area contributed by atoms with Crippen molar-refractivity contribution in [3.8, 4) is 0 Å². The van der Waals surface area contributed by atoms with Crippen molar-refractivity contribution in [1.29, 1.82) is 0 Å². The first-order valence-electron chi connectivity index (χ1n) is 15.9. The number of piperidine rings is 2. The monoisotopic (exact) mass is 574 g/mol. The first-order chi connectivity index (χ1) is 20.5. The average Bonchev–Trinajstić information content (AvgIpc) is 3.60. The molecular formula is C30H46N12. The Morgan fingerprint density at radius 1 is 0.595 bits per heavy atom. The van der Waals surface area contributed by atoms with Gasteiger partial charge in [0.1, 0.15) is 11.0 Å². The summed E-state index contributed by atoms with van der Waals surface area (Å²) in [6, 6.07) is 0. The molecule has 12 nitrogen and oxygen atoms in total. The van der Waals surface area contributed by atoms with Crippen molar-refractivity contribution in [2.24, 2.45) is 11.8 Å². The summed E-state index contributed by atoms with van der Waals surface area (Å²) >= 11 is 0. The van der Waals surface area contributed by atoms with E-state index in [4.69, 9.17) is 21.4 Å². The second-order valence-electron chi connectivity index (χ2n) is 12.5. The summed E-state index contributed by atoms with van der Waals surface area (Å²) in [4.78, 5) is 32.4. The maximum Gasteiger partial charge on any atom is 0.229 e. The van der Waals surface area contributed by atoms with E-state index in [9.17, 15) is 0 Å². The molecule has 0 bridgehead atoms. The van der Waals surface area contributed by atoms with Gasteiger partial charge in [0.15, 0.2) is 22.9 Å². The average molecular weight is 575 g/mol. The number of hydrogen-bond acceptors (Lipinski definition) is 10. The Bertz CT molecular complexity index is 1360. The molecule has 0 radical (unpaired) electrons. The summed E-state index contributed by atoms with van der Waals surface area (Å²) in [6.45, 7) is 10.3. The Kier molecular flexibility index (Phi) is 8.57. The zero-order valence-electron chi connectivity index (χ0n) is 25.2. The molecule has 0 amide bonds. The van der Waals surface area contributed by atoms with E-state index in [1.165, 1.54) is 51.4 Å². The van der Waals surface area contributed by atoms with Crippen LogP contribution in [-0.2, 0) is 13.1 Å². The predicted molar refractivity (Wildman–Crippen MR) is 168 cm³/mol. The smallest absolute Gasteiger partial charge is 0.229 e. The zero-order chi connectivity index (χ0) is 29.1. The molecule has 6 rings (SSSR count). The molecule has 0 aromatic carbocycles. The van der Waals surface area contributed by atoms with Gasteiger partial charge in [-0.25, -0.2) is 9.97 Å². The molecule has 4 aromatic rings. The molecule has 12 heteroatoms. The lowest BCUT2D eigenvalue weighted by Gasteiger charge is -2.30. The SMILES string of the molecule is CC1CCN(c2nc(N)c3ncn(CCCCCCCCn4cnc5c(N)nc(N6CCC(C)CC6)nc54)c3n2)CC1. The number of nitrogens with two attached hydrogens (primary N) is 2. The standard InChI is InChI=1S/C30H46N12/c1-21-9-15-39(16-10-21)29-35-25(31)23-27(37-29)41(19-33-23)13-7-5-3-4-6-8-14-42-20-34-24-26(32)36-30(38-28(24)42)40-17-11-22(2)12-18-40/h19-22H,3-18H2,1-2H3,(H2,31,35,37)(H2,32,36,38). The number of anilines is 4. The van der Waals surface area contributed by atoms with E-state index in [-0.39, 0.29) is 0 Å². The van der Waals surface area contributed by atoms with Gasteiger partial charge in [0.05, 0.1) is 12.7 Å². The number of aryl methyl sites for hydroxylation is 2. The molecule has 4 N–H and O–H groups in total. The van der Waals surface area contributed by atoms with E-state index in [1.807, 2.05) is 12.7 Å². The summed E-state index contributed by atoms with van der Waals surface area (Å²) in [5, 5.41) is 0. The summed E-state index contributed by atoms with van der Waals surface area (Å²) in [7, 11) is 0. The Morgan fingerprint density at radius 2 is 0.976 bits per heavy atom. The van der Waals surface area contributed by atoms with E-state index >= 15 is 0 Å². The van der Waals surface area contributed by atoms with Gasteiger partial charge >= 0.3 is 0 Å². The second kappa shape index (κ2) is 12.7. The van der Waals surface area contributed by atoms with Gasteiger partial charge in [-0.1, -0.05) is 39.5 Å². The fraction of sp³-hybridized carbons (Fsp3) is 0.667. The number of hydrogen-bond donors (Lipinski definition) is 2. The predicted octanol–water partition coefficient (Wildman–Crippen LogP) is 4.64. The van der Waals surface area contributed by atoms with E-state index in [2.05, 4.69) is 52.7 Å². The van der Waals surface area contributed by atoms with Crippen LogP contribution in [0.3, 0.4) is 0 Å². The van der Waals surface area contributed by atoms with Crippen LogP contribution in [0, 0.1) is 11.8 Å². The highest BCUT2D eigenvalue weighted by atomic mass is 15.3. The van der Waals surface area contributed by atoms with Crippen molar-refractivity contribution in [3.63, 3.8) is 0 Å². The summed E-state index contributed by atoms with van der Waals surface area (Å²) in [5.74, 6) is 3.95. The molecule has 2 aliphatic rings. The van der Waals surface area contributed by atoms with Crippen molar-refractivity contribution in [2.75, 3.05) is 47.4 Å². The molecule has 2 aliphatic heterocycles. The van der Waals surface area contributed by atoms with Crippen LogP contribution < -0.4 is 21.3 Å². The molecule has 0 aliphatic carbocycles. The summed E-state index contributed by atoms with van der Waals surface area (Å²) in [5.41, 5.74) is 15.7. The second-order valence-corrected chi connectivity index (χ2v) is 12.5. The third-order valence-electron chi connectivity index (χ3n) is 9.14. The topological polar surface area (TPSA) is 146 Å². The van der Waals surface area contributed by atoms with Gasteiger partial charge in [-0.3, -0.25) is 0 Å². The summed E-state index contributed by atoms with van der Waals surface area (Å²) < 4.78 is 4.28. The quantitative estimate of drug-likeness (QED) is 0.243. The van der Waals surface area contributed by atoms with Gasteiger partial charge in [0, 0.05) is 39.3 Å². The van der Waals surface area contributed by atoms with E-state index < -0.39 is 0 Å². The Hall–Kier alpha value is -3.70. The summed E-state index contributed by atoms with van der Waals surface area (Å²) in [6.07, 6.45) is 15.3. The van der Waals surface area contributed by atoms with Crippen molar-refractivity contribution < 1.29 is 0 Å².